The number of ether oxygens (including phenoxy) is 1. The SMILES string of the molecule is COC(=O)C1CC(N)C12CCC2.Cl. The van der Waals surface area contributed by atoms with Crippen molar-refractivity contribution < 1.29 is 9.53 Å². The van der Waals surface area contributed by atoms with Crippen LogP contribution in [0.3, 0.4) is 0 Å². The van der Waals surface area contributed by atoms with Crippen molar-refractivity contribution in [1.29, 1.82) is 0 Å². The van der Waals surface area contributed by atoms with Crippen LogP contribution in [0.5, 0.6) is 0 Å². The lowest BCUT2D eigenvalue weighted by molar-refractivity contribution is -0.168. The van der Waals surface area contributed by atoms with E-state index in [1.165, 1.54) is 13.5 Å². The van der Waals surface area contributed by atoms with Crippen molar-refractivity contribution >= 4 is 18.4 Å². The minimum atomic E-state index is -0.0589. The molecule has 4 heteroatoms. The minimum absolute atomic E-state index is 0. The van der Waals surface area contributed by atoms with E-state index in [2.05, 4.69) is 0 Å². The fourth-order valence-corrected chi connectivity index (χ4v) is 2.60. The van der Waals surface area contributed by atoms with Gasteiger partial charge >= 0.3 is 5.97 Å². The standard InChI is InChI=1S/C9H15NO2.ClH/c1-12-8(11)6-5-7(10)9(6)3-2-4-9;/h6-7H,2-5,10H2,1H3;1H. The van der Waals surface area contributed by atoms with Crippen molar-refractivity contribution in [3.05, 3.63) is 0 Å². The van der Waals surface area contributed by atoms with Crippen LogP contribution in [-0.4, -0.2) is 19.1 Å². The van der Waals surface area contributed by atoms with Crippen molar-refractivity contribution in [3.8, 4) is 0 Å². The average molecular weight is 206 g/mol. The minimum Gasteiger partial charge on any atom is -0.469 e. The van der Waals surface area contributed by atoms with E-state index in [1.807, 2.05) is 0 Å². The molecule has 0 aliphatic heterocycles. The van der Waals surface area contributed by atoms with Crippen LogP contribution in [-0.2, 0) is 9.53 Å². The summed E-state index contributed by atoms with van der Waals surface area (Å²) in [6.45, 7) is 0. The first-order chi connectivity index (χ1) is 5.70. The van der Waals surface area contributed by atoms with Crippen LogP contribution in [0.15, 0.2) is 0 Å². The highest BCUT2D eigenvalue weighted by Crippen LogP contribution is 2.59. The quantitative estimate of drug-likeness (QED) is 0.653. The molecule has 2 atom stereocenters. The number of carbonyl (C=O) groups is 1. The summed E-state index contributed by atoms with van der Waals surface area (Å²) in [5.74, 6) is 0.0441. The highest BCUT2D eigenvalue weighted by Gasteiger charge is 2.59. The largest absolute Gasteiger partial charge is 0.469 e. The van der Waals surface area contributed by atoms with E-state index in [0.717, 1.165) is 19.3 Å². The maximum Gasteiger partial charge on any atom is 0.309 e. The Balaban J connectivity index is 0.000000845. The van der Waals surface area contributed by atoms with Gasteiger partial charge in [0, 0.05) is 6.04 Å². The molecule has 2 N–H and O–H groups in total. The third-order valence-electron chi connectivity index (χ3n) is 3.69. The molecule has 1 spiro atoms. The van der Waals surface area contributed by atoms with Gasteiger partial charge in [0.15, 0.2) is 0 Å². The Hall–Kier alpha value is -0.280. The van der Waals surface area contributed by atoms with E-state index in [0.29, 0.717) is 0 Å². The van der Waals surface area contributed by atoms with Crippen LogP contribution in [0.4, 0.5) is 0 Å². The van der Waals surface area contributed by atoms with Gasteiger partial charge in [-0.1, -0.05) is 6.42 Å². The topological polar surface area (TPSA) is 52.3 Å². The lowest BCUT2D eigenvalue weighted by atomic mass is 9.47. The Morgan fingerprint density at radius 1 is 1.54 bits per heavy atom. The Labute approximate surface area is 84.4 Å². The maximum atomic E-state index is 11.3. The number of methoxy groups -OCH3 is 1. The van der Waals surface area contributed by atoms with Crippen molar-refractivity contribution in [3.63, 3.8) is 0 Å². The molecule has 0 heterocycles. The van der Waals surface area contributed by atoms with Gasteiger partial charge in [0.25, 0.3) is 0 Å². The first-order valence-corrected chi connectivity index (χ1v) is 4.54. The molecule has 0 amide bonds. The third kappa shape index (κ3) is 1.25. The van der Waals surface area contributed by atoms with Crippen LogP contribution in [0, 0.1) is 11.3 Å². The van der Waals surface area contributed by atoms with E-state index in [1.54, 1.807) is 0 Å². The summed E-state index contributed by atoms with van der Waals surface area (Å²) in [6, 6.07) is 0.246. The highest BCUT2D eigenvalue weighted by atomic mass is 35.5. The first kappa shape index (κ1) is 10.8. The summed E-state index contributed by atoms with van der Waals surface area (Å²) < 4.78 is 4.74. The zero-order valence-electron chi connectivity index (χ0n) is 7.79. The molecule has 0 aromatic rings. The molecule has 2 fully saturated rings. The molecule has 0 aromatic carbocycles. The maximum absolute atomic E-state index is 11.3. The molecule has 0 saturated heterocycles. The predicted octanol–water partition coefficient (Wildman–Crippen LogP) is 1.10. The second-order valence-electron chi connectivity index (χ2n) is 4.00. The number of rotatable bonds is 1. The van der Waals surface area contributed by atoms with Gasteiger partial charge in [-0.25, -0.2) is 0 Å². The number of nitrogens with two attached hydrogens (primary N) is 1. The van der Waals surface area contributed by atoms with Gasteiger partial charge < -0.3 is 10.5 Å². The van der Waals surface area contributed by atoms with Crippen molar-refractivity contribution in [2.45, 2.75) is 31.7 Å². The van der Waals surface area contributed by atoms with Gasteiger partial charge in [-0.2, -0.15) is 0 Å². The van der Waals surface area contributed by atoms with Gasteiger partial charge in [0.05, 0.1) is 13.0 Å². The van der Waals surface area contributed by atoms with Crippen molar-refractivity contribution in [2.24, 2.45) is 17.1 Å². The van der Waals surface area contributed by atoms with E-state index >= 15 is 0 Å². The van der Waals surface area contributed by atoms with Crippen LogP contribution in [0.25, 0.3) is 0 Å². The number of hydrogen-bond acceptors (Lipinski definition) is 3. The lowest BCUT2D eigenvalue weighted by Gasteiger charge is -2.58. The number of esters is 1. The summed E-state index contributed by atoms with van der Waals surface area (Å²) in [5, 5.41) is 0. The summed E-state index contributed by atoms with van der Waals surface area (Å²) >= 11 is 0. The Bertz CT molecular complexity index is 216. The number of halogens is 1. The Morgan fingerprint density at radius 3 is 2.46 bits per heavy atom. The van der Waals surface area contributed by atoms with Gasteiger partial charge in [-0.15, -0.1) is 12.4 Å². The molecule has 2 saturated carbocycles. The van der Waals surface area contributed by atoms with E-state index in [9.17, 15) is 4.79 Å². The van der Waals surface area contributed by atoms with Gasteiger partial charge in [0.2, 0.25) is 0 Å². The molecule has 2 aliphatic rings. The molecule has 13 heavy (non-hydrogen) atoms. The summed E-state index contributed by atoms with van der Waals surface area (Å²) in [7, 11) is 1.46. The summed E-state index contributed by atoms with van der Waals surface area (Å²) in [6.07, 6.45) is 4.29. The molecule has 0 bridgehead atoms. The second-order valence-corrected chi connectivity index (χ2v) is 4.00. The Morgan fingerprint density at radius 2 is 2.15 bits per heavy atom. The van der Waals surface area contributed by atoms with Crippen molar-refractivity contribution in [1.82, 2.24) is 0 Å². The third-order valence-corrected chi connectivity index (χ3v) is 3.69. The number of hydrogen-bond donors (Lipinski definition) is 1. The molecular formula is C9H16ClNO2. The lowest BCUT2D eigenvalue weighted by Crippen LogP contribution is -2.63. The molecule has 2 rings (SSSR count). The zero-order chi connectivity index (χ0) is 8.77. The number of carbonyl (C=O) groups excluding carboxylic acids is 1. The molecular weight excluding hydrogens is 190 g/mol. The van der Waals surface area contributed by atoms with E-state index in [-0.39, 0.29) is 35.8 Å². The molecule has 3 nitrogen and oxygen atoms in total. The summed E-state index contributed by atoms with van der Waals surface area (Å²) in [4.78, 5) is 11.3. The van der Waals surface area contributed by atoms with E-state index in [4.69, 9.17) is 10.5 Å². The molecule has 0 aromatic heterocycles. The second kappa shape index (κ2) is 3.46. The van der Waals surface area contributed by atoms with Crippen LogP contribution in [0.2, 0.25) is 0 Å². The monoisotopic (exact) mass is 205 g/mol. The van der Waals surface area contributed by atoms with Gasteiger partial charge in [-0.3, -0.25) is 4.79 Å². The fraction of sp³-hybridized carbons (Fsp3) is 0.889. The molecule has 76 valence electrons. The van der Waals surface area contributed by atoms with Crippen molar-refractivity contribution in [2.75, 3.05) is 7.11 Å². The van der Waals surface area contributed by atoms with Crippen LogP contribution >= 0.6 is 12.4 Å². The van der Waals surface area contributed by atoms with Gasteiger partial charge in [-0.05, 0) is 24.7 Å². The van der Waals surface area contributed by atoms with Crippen LogP contribution in [0.1, 0.15) is 25.7 Å². The van der Waals surface area contributed by atoms with Crippen LogP contribution < -0.4 is 5.73 Å². The zero-order valence-corrected chi connectivity index (χ0v) is 8.60. The molecule has 2 unspecified atom stereocenters. The normalized spacial score (nSPS) is 34.0. The average Bonchev–Trinajstić information content (AvgIpc) is 1.95. The van der Waals surface area contributed by atoms with Gasteiger partial charge in [0.1, 0.15) is 0 Å². The molecule has 0 radical (unpaired) electrons. The highest BCUT2D eigenvalue weighted by molar-refractivity contribution is 5.85. The summed E-state index contributed by atoms with van der Waals surface area (Å²) in [5.41, 5.74) is 6.04. The fourth-order valence-electron chi connectivity index (χ4n) is 2.60. The van der Waals surface area contributed by atoms with E-state index < -0.39 is 0 Å². The molecule has 2 aliphatic carbocycles. The Kier molecular flexibility index (Phi) is 2.88. The first-order valence-electron chi connectivity index (χ1n) is 4.54. The predicted molar refractivity (Wildman–Crippen MR) is 51.6 cm³/mol. The smallest absolute Gasteiger partial charge is 0.309 e.